The maximum atomic E-state index is 10.9. The molecule has 3 rings (SSSR count). The molecular formula is C21H20N4O2. The molecule has 136 valence electrons. The Morgan fingerprint density at radius 2 is 1.52 bits per heavy atom. The number of hydrogen-bond acceptors (Lipinski definition) is 4. The Bertz CT molecular complexity index is 887. The second kappa shape index (κ2) is 8.77. The van der Waals surface area contributed by atoms with Gasteiger partial charge in [-0.1, -0.05) is 12.1 Å². The van der Waals surface area contributed by atoms with E-state index in [-0.39, 0.29) is 5.70 Å². The lowest BCUT2D eigenvalue weighted by atomic mass is 10.1. The predicted octanol–water partition coefficient (Wildman–Crippen LogP) is 5.44. The largest absolute Gasteiger partial charge is 0.486 e. The molecule has 1 aliphatic heterocycles. The van der Waals surface area contributed by atoms with Gasteiger partial charge in [0.05, 0.1) is 17.9 Å². The van der Waals surface area contributed by atoms with Gasteiger partial charge in [-0.05, 0) is 67.3 Å². The fourth-order valence-electron chi connectivity index (χ4n) is 2.93. The molecule has 0 unspecified atom stereocenters. The van der Waals surface area contributed by atoms with Crippen LogP contribution in [0.3, 0.4) is 0 Å². The van der Waals surface area contributed by atoms with Crippen molar-refractivity contribution >= 4 is 29.1 Å². The number of carbonyl (C=O) groups is 1. The van der Waals surface area contributed by atoms with Gasteiger partial charge in [0.1, 0.15) is 0 Å². The summed E-state index contributed by atoms with van der Waals surface area (Å²) in [5.74, 6) is -1.23. The molecule has 6 heteroatoms. The van der Waals surface area contributed by atoms with E-state index in [1.54, 1.807) is 24.3 Å². The van der Waals surface area contributed by atoms with Crippen LogP contribution in [-0.4, -0.2) is 24.2 Å². The summed E-state index contributed by atoms with van der Waals surface area (Å²) in [4.78, 5) is 16.2. The van der Waals surface area contributed by atoms with Crippen molar-refractivity contribution in [2.45, 2.75) is 19.3 Å². The maximum absolute atomic E-state index is 10.9. The average molecular weight is 360 g/mol. The van der Waals surface area contributed by atoms with Crippen LogP contribution < -0.4 is 4.90 Å². The summed E-state index contributed by atoms with van der Waals surface area (Å²) in [5, 5.41) is 17.3. The van der Waals surface area contributed by atoms with Gasteiger partial charge in [-0.2, -0.15) is 10.2 Å². The Hall–Kier alpha value is -3.46. The van der Waals surface area contributed by atoms with E-state index in [2.05, 4.69) is 32.1 Å². The standard InChI is InChI=1S/C21H20N4O2/c1-22-20(21(26)27)15-16-5-7-17(8-6-16)23-24-18-9-11-19(12-10-18)25-13-3-2-4-14-25/h5-12,15H,2-4,13-14H2,(H,26,27)/b20-15-,24-23?. The Balaban J connectivity index is 1.65. The zero-order chi connectivity index (χ0) is 19.1. The van der Waals surface area contributed by atoms with E-state index >= 15 is 0 Å². The summed E-state index contributed by atoms with van der Waals surface area (Å²) in [7, 11) is 0. The lowest BCUT2D eigenvalue weighted by Gasteiger charge is -2.28. The average Bonchev–Trinajstić information content (AvgIpc) is 2.72. The summed E-state index contributed by atoms with van der Waals surface area (Å²) in [6.07, 6.45) is 5.13. The van der Waals surface area contributed by atoms with Gasteiger partial charge in [0.15, 0.2) is 0 Å². The van der Waals surface area contributed by atoms with Crippen molar-refractivity contribution in [3.63, 3.8) is 0 Å². The van der Waals surface area contributed by atoms with Crippen molar-refractivity contribution in [1.82, 2.24) is 0 Å². The van der Waals surface area contributed by atoms with E-state index in [0.29, 0.717) is 11.3 Å². The van der Waals surface area contributed by atoms with E-state index in [9.17, 15) is 4.79 Å². The first kappa shape index (κ1) is 18.3. The SMILES string of the molecule is [C-]#[N+]/C(=C\c1ccc(N=Nc2ccc(N3CCCCC3)cc2)cc1)C(=O)O. The molecular weight excluding hydrogens is 340 g/mol. The van der Waals surface area contributed by atoms with Crippen LogP contribution in [0.25, 0.3) is 10.9 Å². The zero-order valence-electron chi connectivity index (χ0n) is 14.9. The molecule has 2 aromatic rings. The topological polar surface area (TPSA) is 69.6 Å². The van der Waals surface area contributed by atoms with Crippen molar-refractivity contribution in [3.05, 3.63) is 71.2 Å². The monoisotopic (exact) mass is 360 g/mol. The molecule has 0 aromatic heterocycles. The van der Waals surface area contributed by atoms with Crippen molar-refractivity contribution in [2.24, 2.45) is 10.2 Å². The van der Waals surface area contributed by atoms with Crippen molar-refractivity contribution < 1.29 is 9.90 Å². The molecule has 0 bridgehead atoms. The Kier molecular flexibility index (Phi) is 5.95. The number of anilines is 1. The first-order valence-electron chi connectivity index (χ1n) is 8.85. The van der Waals surface area contributed by atoms with Crippen LogP contribution in [0.4, 0.5) is 17.1 Å². The molecule has 0 aliphatic carbocycles. The second-order valence-electron chi connectivity index (χ2n) is 6.30. The normalized spacial score (nSPS) is 14.9. The number of carboxylic acids is 1. The minimum absolute atomic E-state index is 0.321. The summed E-state index contributed by atoms with van der Waals surface area (Å²) >= 11 is 0. The Morgan fingerprint density at radius 3 is 2.04 bits per heavy atom. The summed E-state index contributed by atoms with van der Waals surface area (Å²) in [6.45, 7) is 9.08. The molecule has 6 nitrogen and oxygen atoms in total. The smallest absolute Gasteiger partial charge is 0.333 e. The maximum Gasteiger partial charge on any atom is 0.333 e. The van der Waals surface area contributed by atoms with Crippen LogP contribution in [0.1, 0.15) is 24.8 Å². The van der Waals surface area contributed by atoms with Gasteiger partial charge in [-0.25, -0.2) is 4.85 Å². The molecule has 0 atom stereocenters. The molecule has 1 N–H and O–H groups in total. The van der Waals surface area contributed by atoms with Gasteiger partial charge in [0.2, 0.25) is 0 Å². The van der Waals surface area contributed by atoms with Crippen LogP contribution in [0.5, 0.6) is 0 Å². The first-order valence-corrected chi connectivity index (χ1v) is 8.85. The van der Waals surface area contributed by atoms with Crippen molar-refractivity contribution in [2.75, 3.05) is 18.0 Å². The number of nitrogens with zero attached hydrogens (tertiary/aromatic N) is 4. The van der Waals surface area contributed by atoms with Crippen LogP contribution >= 0.6 is 0 Å². The quantitative estimate of drug-likeness (QED) is 0.439. The highest BCUT2D eigenvalue weighted by atomic mass is 16.4. The Labute approximate surface area is 158 Å². The predicted molar refractivity (Wildman–Crippen MR) is 105 cm³/mol. The molecule has 0 radical (unpaired) electrons. The van der Waals surface area contributed by atoms with E-state index in [4.69, 9.17) is 11.7 Å². The Morgan fingerprint density at radius 1 is 0.963 bits per heavy atom. The van der Waals surface area contributed by atoms with E-state index < -0.39 is 5.97 Å². The molecule has 1 heterocycles. The fraction of sp³-hybridized carbons (Fsp3) is 0.238. The van der Waals surface area contributed by atoms with Crippen LogP contribution in [0, 0.1) is 6.57 Å². The summed E-state index contributed by atoms with van der Waals surface area (Å²) in [5.41, 5.74) is 2.97. The van der Waals surface area contributed by atoms with Crippen molar-refractivity contribution in [1.29, 1.82) is 0 Å². The number of carboxylic acid groups (broad SMARTS) is 1. The number of piperidine rings is 1. The van der Waals surface area contributed by atoms with Gasteiger partial charge < -0.3 is 10.0 Å². The van der Waals surface area contributed by atoms with Crippen LogP contribution in [0.2, 0.25) is 0 Å². The highest BCUT2D eigenvalue weighted by molar-refractivity contribution is 5.94. The van der Waals surface area contributed by atoms with Gasteiger partial charge in [0, 0.05) is 18.8 Å². The first-order chi connectivity index (χ1) is 13.2. The lowest BCUT2D eigenvalue weighted by molar-refractivity contribution is -0.132. The number of benzene rings is 2. The number of hydrogen-bond donors (Lipinski definition) is 1. The van der Waals surface area contributed by atoms with E-state index in [0.717, 1.165) is 18.8 Å². The highest BCUT2D eigenvalue weighted by Gasteiger charge is 2.10. The van der Waals surface area contributed by atoms with Gasteiger partial charge in [-0.3, -0.25) is 4.79 Å². The van der Waals surface area contributed by atoms with E-state index in [1.165, 1.54) is 31.0 Å². The fourth-order valence-corrected chi connectivity index (χ4v) is 2.93. The third-order valence-electron chi connectivity index (χ3n) is 4.39. The molecule has 2 aromatic carbocycles. The minimum Gasteiger partial charge on any atom is -0.486 e. The molecule has 0 amide bonds. The number of rotatable bonds is 5. The second-order valence-corrected chi connectivity index (χ2v) is 6.30. The molecule has 27 heavy (non-hydrogen) atoms. The lowest BCUT2D eigenvalue weighted by Crippen LogP contribution is -2.29. The van der Waals surface area contributed by atoms with Crippen LogP contribution in [-0.2, 0) is 4.79 Å². The minimum atomic E-state index is -1.23. The molecule has 0 spiro atoms. The van der Waals surface area contributed by atoms with Gasteiger partial charge >= 0.3 is 5.97 Å². The molecule has 1 fully saturated rings. The summed E-state index contributed by atoms with van der Waals surface area (Å²) in [6, 6.07) is 15.0. The number of aliphatic carboxylic acids is 1. The summed E-state index contributed by atoms with van der Waals surface area (Å²) < 4.78 is 0. The van der Waals surface area contributed by atoms with Gasteiger partial charge in [0.25, 0.3) is 5.70 Å². The van der Waals surface area contributed by atoms with E-state index in [1.807, 2.05) is 12.1 Å². The zero-order valence-corrected chi connectivity index (χ0v) is 14.9. The molecule has 1 saturated heterocycles. The number of azo groups is 1. The molecule has 0 saturated carbocycles. The molecule has 1 aliphatic rings. The van der Waals surface area contributed by atoms with Gasteiger partial charge in [-0.15, -0.1) is 0 Å². The van der Waals surface area contributed by atoms with Crippen LogP contribution in [0.15, 0.2) is 64.5 Å². The third kappa shape index (κ3) is 5.02. The third-order valence-corrected chi connectivity index (χ3v) is 4.39. The highest BCUT2D eigenvalue weighted by Crippen LogP contribution is 2.24. The van der Waals surface area contributed by atoms with Crippen molar-refractivity contribution in [3.8, 4) is 0 Å².